The van der Waals surface area contributed by atoms with Crippen molar-refractivity contribution in [1.29, 1.82) is 0 Å². The lowest BCUT2D eigenvalue weighted by Gasteiger charge is -2.27. The molecule has 3 nitrogen and oxygen atoms in total. The van der Waals surface area contributed by atoms with E-state index in [2.05, 4.69) is 31.5 Å². The highest BCUT2D eigenvalue weighted by molar-refractivity contribution is 14.1. The van der Waals surface area contributed by atoms with Gasteiger partial charge in [0, 0.05) is 36.0 Å². The van der Waals surface area contributed by atoms with Gasteiger partial charge in [-0.05, 0) is 12.8 Å². The first-order valence-corrected chi connectivity index (χ1v) is 4.20. The molecule has 1 saturated heterocycles. The van der Waals surface area contributed by atoms with Gasteiger partial charge in [0.1, 0.15) is 0 Å². The fourth-order valence-corrected chi connectivity index (χ4v) is 1.43. The second-order valence-corrected chi connectivity index (χ2v) is 2.79. The van der Waals surface area contributed by atoms with Crippen molar-refractivity contribution in [1.82, 2.24) is 8.65 Å². The van der Waals surface area contributed by atoms with E-state index in [0.717, 1.165) is 25.9 Å². The van der Waals surface area contributed by atoms with E-state index in [1.165, 1.54) is 0 Å². The third kappa shape index (κ3) is 2.37. The third-order valence-electron chi connectivity index (χ3n) is 1.58. The molecule has 0 unspecified atom stereocenters. The Morgan fingerprint density at radius 2 is 2.00 bits per heavy atom. The molecule has 0 aromatic rings. The van der Waals surface area contributed by atoms with Gasteiger partial charge in [0.15, 0.2) is 0 Å². The molecule has 9 heavy (non-hydrogen) atoms. The summed E-state index contributed by atoms with van der Waals surface area (Å²) in [6.45, 7) is 1.92. The Hall–Kier alpha value is 0.610. The molecular weight excluding hydrogens is 231 g/mol. The molecule has 0 amide bonds. The van der Waals surface area contributed by atoms with Crippen LogP contribution in [0.5, 0.6) is 0 Å². The highest BCUT2D eigenvalue weighted by Gasteiger charge is 2.14. The minimum atomic E-state index is -0.0639. The molecule has 0 radical (unpaired) electrons. The lowest BCUT2D eigenvalue weighted by atomic mass is 10.1. The monoisotopic (exact) mass is 242 g/mol. The van der Waals surface area contributed by atoms with Gasteiger partial charge in [-0.2, -0.15) is 3.64 Å². The SMILES string of the molecule is OC1CCN(NI)CC1. The summed E-state index contributed by atoms with van der Waals surface area (Å²) in [7, 11) is 0. The van der Waals surface area contributed by atoms with Gasteiger partial charge in [-0.25, -0.2) is 5.01 Å². The topological polar surface area (TPSA) is 35.5 Å². The highest BCUT2D eigenvalue weighted by Crippen LogP contribution is 2.07. The highest BCUT2D eigenvalue weighted by atomic mass is 127. The van der Waals surface area contributed by atoms with Crippen LogP contribution in [-0.2, 0) is 0 Å². The average Bonchev–Trinajstić information content (AvgIpc) is 1.90. The predicted octanol–water partition coefficient (Wildman–Crippen LogP) is 0.298. The zero-order valence-corrected chi connectivity index (χ0v) is 7.34. The molecule has 0 bridgehead atoms. The maximum atomic E-state index is 9.07. The minimum Gasteiger partial charge on any atom is -0.393 e. The zero-order valence-electron chi connectivity index (χ0n) is 5.18. The summed E-state index contributed by atoms with van der Waals surface area (Å²) >= 11 is 2.11. The van der Waals surface area contributed by atoms with Gasteiger partial charge in [0.05, 0.1) is 6.10 Å². The van der Waals surface area contributed by atoms with Crippen molar-refractivity contribution < 1.29 is 5.11 Å². The number of rotatable bonds is 1. The van der Waals surface area contributed by atoms with Gasteiger partial charge in [0.25, 0.3) is 0 Å². The average molecular weight is 242 g/mol. The van der Waals surface area contributed by atoms with E-state index in [1.807, 2.05) is 0 Å². The zero-order chi connectivity index (χ0) is 6.69. The molecule has 1 aliphatic heterocycles. The molecule has 0 aromatic carbocycles. The van der Waals surface area contributed by atoms with E-state index in [-0.39, 0.29) is 6.10 Å². The molecule has 4 heteroatoms. The summed E-state index contributed by atoms with van der Waals surface area (Å²) in [5, 5.41) is 11.2. The smallest absolute Gasteiger partial charge is 0.0565 e. The number of nitrogens with zero attached hydrogens (tertiary/aromatic N) is 1. The van der Waals surface area contributed by atoms with Gasteiger partial charge in [-0.1, -0.05) is 0 Å². The van der Waals surface area contributed by atoms with Crippen molar-refractivity contribution in [2.75, 3.05) is 13.1 Å². The molecular formula is C5H11IN2O. The number of nitrogens with one attached hydrogen (secondary N) is 1. The molecule has 1 heterocycles. The molecule has 2 N–H and O–H groups in total. The normalized spacial score (nSPS) is 24.7. The Labute approximate surface area is 68.9 Å². The number of hydrogen-bond donors (Lipinski definition) is 2. The van der Waals surface area contributed by atoms with Crippen molar-refractivity contribution in [2.45, 2.75) is 18.9 Å². The summed E-state index contributed by atoms with van der Waals surface area (Å²) in [5.74, 6) is 0. The first kappa shape index (κ1) is 7.71. The van der Waals surface area contributed by atoms with Gasteiger partial charge in [0.2, 0.25) is 0 Å². The number of hydrogen-bond acceptors (Lipinski definition) is 3. The van der Waals surface area contributed by atoms with Crippen LogP contribution in [0.25, 0.3) is 0 Å². The van der Waals surface area contributed by atoms with E-state index in [0.29, 0.717) is 0 Å². The van der Waals surface area contributed by atoms with Crippen molar-refractivity contribution in [3.8, 4) is 0 Å². The van der Waals surface area contributed by atoms with Gasteiger partial charge >= 0.3 is 0 Å². The summed E-state index contributed by atoms with van der Waals surface area (Å²) in [6.07, 6.45) is 1.73. The van der Waals surface area contributed by atoms with E-state index < -0.39 is 0 Å². The van der Waals surface area contributed by atoms with Crippen LogP contribution < -0.4 is 3.64 Å². The van der Waals surface area contributed by atoms with Gasteiger partial charge in [-0.3, -0.25) is 0 Å². The van der Waals surface area contributed by atoms with Crippen LogP contribution in [-0.4, -0.2) is 29.3 Å². The van der Waals surface area contributed by atoms with Crippen LogP contribution in [0.2, 0.25) is 0 Å². The predicted molar refractivity (Wildman–Crippen MR) is 44.0 cm³/mol. The maximum Gasteiger partial charge on any atom is 0.0565 e. The summed E-state index contributed by atoms with van der Waals surface area (Å²) in [4.78, 5) is 0. The van der Waals surface area contributed by atoms with Crippen LogP contribution in [0.4, 0.5) is 0 Å². The summed E-state index contributed by atoms with van der Waals surface area (Å²) in [6, 6.07) is 0. The second kappa shape index (κ2) is 3.70. The van der Waals surface area contributed by atoms with Crippen LogP contribution in [0.1, 0.15) is 12.8 Å². The number of piperidine rings is 1. The lowest BCUT2D eigenvalue weighted by Crippen LogP contribution is -2.40. The van der Waals surface area contributed by atoms with Crippen molar-refractivity contribution in [3.05, 3.63) is 0 Å². The Balaban J connectivity index is 2.18. The molecule has 1 rings (SSSR count). The summed E-state index contributed by atoms with van der Waals surface area (Å²) < 4.78 is 3.02. The first-order chi connectivity index (χ1) is 4.33. The van der Waals surface area contributed by atoms with E-state index in [9.17, 15) is 0 Å². The second-order valence-electron chi connectivity index (χ2n) is 2.30. The van der Waals surface area contributed by atoms with Crippen LogP contribution in [0, 0.1) is 0 Å². The Kier molecular flexibility index (Phi) is 3.17. The molecule has 0 spiro atoms. The van der Waals surface area contributed by atoms with Crippen LogP contribution >= 0.6 is 22.9 Å². The third-order valence-corrected chi connectivity index (χ3v) is 2.27. The van der Waals surface area contributed by atoms with Crippen molar-refractivity contribution >= 4 is 22.9 Å². The molecule has 1 fully saturated rings. The fraction of sp³-hybridized carbons (Fsp3) is 1.00. The Bertz CT molecular complexity index is 83.0. The lowest BCUT2D eigenvalue weighted by molar-refractivity contribution is 0.0772. The Morgan fingerprint density at radius 3 is 2.44 bits per heavy atom. The van der Waals surface area contributed by atoms with Crippen molar-refractivity contribution in [3.63, 3.8) is 0 Å². The van der Waals surface area contributed by atoms with Gasteiger partial charge < -0.3 is 5.11 Å². The summed E-state index contributed by atoms with van der Waals surface area (Å²) in [5.41, 5.74) is 0. The maximum absolute atomic E-state index is 9.07. The molecule has 0 saturated carbocycles. The molecule has 0 aliphatic carbocycles. The first-order valence-electron chi connectivity index (χ1n) is 3.12. The Morgan fingerprint density at radius 1 is 1.44 bits per heavy atom. The molecule has 54 valence electrons. The van der Waals surface area contributed by atoms with Crippen LogP contribution in [0.15, 0.2) is 0 Å². The quantitative estimate of drug-likeness (QED) is 0.512. The van der Waals surface area contributed by atoms with E-state index >= 15 is 0 Å². The fourth-order valence-electron chi connectivity index (χ4n) is 0.950. The van der Waals surface area contributed by atoms with Crippen LogP contribution in [0.3, 0.4) is 0 Å². The number of halogens is 1. The number of hydrazine groups is 1. The van der Waals surface area contributed by atoms with E-state index in [1.54, 1.807) is 0 Å². The molecule has 0 atom stereocenters. The van der Waals surface area contributed by atoms with Gasteiger partial charge in [-0.15, -0.1) is 0 Å². The number of aliphatic hydroxyl groups excluding tert-OH is 1. The molecule has 0 aromatic heterocycles. The standard InChI is InChI=1S/C5H11IN2O/c6-7-8-3-1-5(9)2-4-8/h5,7,9H,1-4H2. The number of aliphatic hydroxyl groups is 1. The largest absolute Gasteiger partial charge is 0.393 e. The van der Waals surface area contributed by atoms with E-state index in [4.69, 9.17) is 5.11 Å². The minimum absolute atomic E-state index is 0.0639. The molecule has 1 aliphatic rings. The van der Waals surface area contributed by atoms with Crippen molar-refractivity contribution in [2.24, 2.45) is 0 Å².